The summed E-state index contributed by atoms with van der Waals surface area (Å²) in [7, 11) is 0. The largest absolute Gasteiger partial charge is 0.465 e. The minimum Gasteiger partial charge on any atom is -0.465 e. The van der Waals surface area contributed by atoms with Gasteiger partial charge in [0.25, 0.3) is 6.47 Å². The van der Waals surface area contributed by atoms with Crippen LogP contribution in [0, 0.1) is 5.92 Å². The molecule has 0 fully saturated rings. The minimum absolute atomic E-state index is 0.0625. The fourth-order valence-corrected chi connectivity index (χ4v) is 0.554. The molecule has 2 heteroatoms. The van der Waals surface area contributed by atoms with Gasteiger partial charge >= 0.3 is 0 Å². The molecule has 0 aromatic heterocycles. The molecule has 0 amide bonds. The monoisotopic (exact) mass is 130 g/mol. The average molecular weight is 130 g/mol. The molecule has 0 aliphatic heterocycles. The highest BCUT2D eigenvalue weighted by atomic mass is 16.5. The molecule has 2 unspecified atom stereocenters. The summed E-state index contributed by atoms with van der Waals surface area (Å²) in [5.74, 6) is 0.468. The molecule has 0 aromatic carbocycles. The highest BCUT2D eigenvalue weighted by Crippen LogP contribution is 2.08. The van der Waals surface area contributed by atoms with E-state index in [0.717, 1.165) is 6.42 Å². The lowest BCUT2D eigenvalue weighted by Gasteiger charge is -2.15. The van der Waals surface area contributed by atoms with Gasteiger partial charge in [-0.1, -0.05) is 20.3 Å². The van der Waals surface area contributed by atoms with Gasteiger partial charge in [-0.2, -0.15) is 0 Å². The fourth-order valence-electron chi connectivity index (χ4n) is 0.554. The third-order valence-corrected chi connectivity index (χ3v) is 1.72. The Morgan fingerprint density at radius 3 is 2.44 bits per heavy atom. The van der Waals surface area contributed by atoms with E-state index in [1.54, 1.807) is 0 Å². The van der Waals surface area contributed by atoms with Gasteiger partial charge < -0.3 is 4.74 Å². The Labute approximate surface area is 56.2 Å². The summed E-state index contributed by atoms with van der Waals surface area (Å²) in [6.45, 7) is 6.56. The summed E-state index contributed by atoms with van der Waals surface area (Å²) in [6, 6.07) is 0. The van der Waals surface area contributed by atoms with Gasteiger partial charge in [-0.15, -0.1) is 0 Å². The minimum atomic E-state index is 0.0625. The molecule has 2 atom stereocenters. The summed E-state index contributed by atoms with van der Waals surface area (Å²) < 4.78 is 4.71. The predicted octanol–water partition coefficient (Wildman–Crippen LogP) is 1.59. The van der Waals surface area contributed by atoms with Crippen molar-refractivity contribution < 1.29 is 9.53 Å². The molecule has 54 valence electrons. The molecule has 0 heterocycles. The number of hydrogen-bond donors (Lipinski definition) is 0. The molecular weight excluding hydrogens is 116 g/mol. The normalized spacial score (nSPS) is 16.3. The second kappa shape index (κ2) is 4.36. The Balaban J connectivity index is 3.44. The first-order valence-electron chi connectivity index (χ1n) is 3.31. The molecule has 0 N–H and O–H groups in total. The summed E-state index contributed by atoms with van der Waals surface area (Å²) >= 11 is 0. The summed E-state index contributed by atoms with van der Waals surface area (Å²) in [5.41, 5.74) is 0. The van der Waals surface area contributed by atoms with Crippen LogP contribution < -0.4 is 0 Å². The maximum atomic E-state index is 9.81. The quantitative estimate of drug-likeness (QED) is 0.540. The van der Waals surface area contributed by atoms with Crippen LogP contribution in [-0.4, -0.2) is 12.6 Å². The summed E-state index contributed by atoms with van der Waals surface area (Å²) in [5, 5.41) is 0. The van der Waals surface area contributed by atoms with Crippen LogP contribution in [0.3, 0.4) is 0 Å². The standard InChI is InChI=1S/C7H14O2/c1-4-6(2)7(3)9-5-8/h5-7H,4H2,1-3H3. The number of rotatable bonds is 4. The van der Waals surface area contributed by atoms with E-state index in [2.05, 4.69) is 13.8 Å². The lowest BCUT2D eigenvalue weighted by atomic mass is 10.0. The van der Waals surface area contributed by atoms with Crippen LogP contribution in [0.1, 0.15) is 27.2 Å². The van der Waals surface area contributed by atoms with E-state index in [-0.39, 0.29) is 6.10 Å². The van der Waals surface area contributed by atoms with Crippen LogP contribution in [-0.2, 0) is 9.53 Å². The molecule has 2 nitrogen and oxygen atoms in total. The highest BCUT2D eigenvalue weighted by molar-refractivity contribution is 5.37. The van der Waals surface area contributed by atoms with Crippen molar-refractivity contribution in [3.05, 3.63) is 0 Å². The maximum Gasteiger partial charge on any atom is 0.293 e. The molecule has 0 aromatic rings. The third-order valence-electron chi connectivity index (χ3n) is 1.72. The van der Waals surface area contributed by atoms with Gasteiger partial charge in [-0.25, -0.2) is 0 Å². The fraction of sp³-hybridized carbons (Fsp3) is 0.857. The predicted molar refractivity (Wildman–Crippen MR) is 36.1 cm³/mol. The van der Waals surface area contributed by atoms with E-state index in [1.165, 1.54) is 0 Å². The van der Waals surface area contributed by atoms with Gasteiger partial charge in [0.2, 0.25) is 0 Å². The first-order valence-corrected chi connectivity index (χ1v) is 3.31. The zero-order valence-electron chi connectivity index (χ0n) is 6.26. The molecule has 9 heavy (non-hydrogen) atoms. The molecular formula is C7H14O2. The number of carbonyl (C=O) groups excluding carboxylic acids is 1. The SMILES string of the molecule is CCC(C)C(C)OC=O. The first kappa shape index (κ1) is 8.47. The maximum absolute atomic E-state index is 9.81. The van der Waals surface area contributed by atoms with E-state index in [4.69, 9.17) is 4.74 Å². The first-order chi connectivity index (χ1) is 4.22. The van der Waals surface area contributed by atoms with E-state index in [9.17, 15) is 4.79 Å². The Morgan fingerprint density at radius 2 is 2.11 bits per heavy atom. The Bertz CT molecular complexity index is 81.0. The summed E-state index contributed by atoms with van der Waals surface area (Å²) in [4.78, 5) is 9.81. The highest BCUT2D eigenvalue weighted by Gasteiger charge is 2.08. The summed E-state index contributed by atoms with van der Waals surface area (Å²) in [6.07, 6.45) is 1.11. The van der Waals surface area contributed by atoms with Crippen molar-refractivity contribution >= 4 is 6.47 Å². The van der Waals surface area contributed by atoms with Gasteiger partial charge in [0.15, 0.2) is 0 Å². The van der Waals surface area contributed by atoms with Crippen LogP contribution in [0.2, 0.25) is 0 Å². The van der Waals surface area contributed by atoms with Crippen molar-refractivity contribution in [2.75, 3.05) is 0 Å². The second-order valence-electron chi connectivity index (χ2n) is 2.32. The van der Waals surface area contributed by atoms with Crippen LogP contribution in [0.5, 0.6) is 0 Å². The molecule has 0 spiro atoms. The topological polar surface area (TPSA) is 26.3 Å². The number of hydrogen-bond acceptors (Lipinski definition) is 2. The van der Waals surface area contributed by atoms with Crippen LogP contribution in [0.15, 0.2) is 0 Å². The second-order valence-corrected chi connectivity index (χ2v) is 2.32. The smallest absolute Gasteiger partial charge is 0.293 e. The molecule has 0 radical (unpaired) electrons. The van der Waals surface area contributed by atoms with Gasteiger partial charge in [0.05, 0.1) is 0 Å². The van der Waals surface area contributed by atoms with Gasteiger partial charge in [0.1, 0.15) is 6.10 Å². The van der Waals surface area contributed by atoms with Crippen molar-refractivity contribution in [2.24, 2.45) is 5.92 Å². The molecule has 0 rings (SSSR count). The lowest BCUT2D eigenvalue weighted by Crippen LogP contribution is -2.16. The van der Waals surface area contributed by atoms with Crippen LogP contribution >= 0.6 is 0 Å². The van der Waals surface area contributed by atoms with Crippen molar-refractivity contribution in [3.8, 4) is 0 Å². The number of ether oxygens (including phenoxy) is 1. The Kier molecular flexibility index (Phi) is 4.10. The van der Waals surface area contributed by atoms with E-state index in [1.807, 2.05) is 6.92 Å². The van der Waals surface area contributed by atoms with Crippen LogP contribution in [0.25, 0.3) is 0 Å². The van der Waals surface area contributed by atoms with E-state index < -0.39 is 0 Å². The third kappa shape index (κ3) is 3.12. The van der Waals surface area contributed by atoms with Crippen molar-refractivity contribution in [2.45, 2.75) is 33.3 Å². The Hall–Kier alpha value is -0.530. The van der Waals surface area contributed by atoms with Gasteiger partial charge in [-0.05, 0) is 12.8 Å². The van der Waals surface area contributed by atoms with Crippen molar-refractivity contribution in [3.63, 3.8) is 0 Å². The van der Waals surface area contributed by atoms with Crippen LogP contribution in [0.4, 0.5) is 0 Å². The molecule has 0 aliphatic carbocycles. The molecule has 0 bridgehead atoms. The molecule has 0 saturated heterocycles. The lowest BCUT2D eigenvalue weighted by molar-refractivity contribution is -0.134. The van der Waals surface area contributed by atoms with Gasteiger partial charge in [0, 0.05) is 0 Å². The van der Waals surface area contributed by atoms with Gasteiger partial charge in [-0.3, -0.25) is 4.79 Å². The molecule has 0 aliphatic rings. The molecule has 0 saturated carbocycles. The Morgan fingerprint density at radius 1 is 1.56 bits per heavy atom. The average Bonchev–Trinajstić information content (AvgIpc) is 1.87. The zero-order valence-corrected chi connectivity index (χ0v) is 6.26. The van der Waals surface area contributed by atoms with Crippen molar-refractivity contribution in [1.29, 1.82) is 0 Å². The van der Waals surface area contributed by atoms with E-state index >= 15 is 0 Å². The number of carbonyl (C=O) groups is 1. The van der Waals surface area contributed by atoms with E-state index in [0.29, 0.717) is 12.4 Å². The zero-order chi connectivity index (χ0) is 7.28. The van der Waals surface area contributed by atoms with Crippen molar-refractivity contribution in [1.82, 2.24) is 0 Å².